The number of aromatic nitrogens is 2. The van der Waals surface area contributed by atoms with Crippen LogP contribution in [0, 0.1) is 16.0 Å². The van der Waals surface area contributed by atoms with Crippen LogP contribution in [0.25, 0.3) is 11.1 Å². The molecule has 0 spiro atoms. The van der Waals surface area contributed by atoms with Gasteiger partial charge in [0.15, 0.2) is 5.75 Å². The van der Waals surface area contributed by atoms with Crippen molar-refractivity contribution in [3.8, 4) is 16.9 Å². The number of benzene rings is 1. The van der Waals surface area contributed by atoms with Crippen molar-refractivity contribution in [1.29, 1.82) is 0 Å². The van der Waals surface area contributed by atoms with Gasteiger partial charge < -0.3 is 24.2 Å². The number of carbonyl (C=O) groups is 1. The van der Waals surface area contributed by atoms with Crippen LogP contribution in [-0.2, 0) is 11.8 Å². The molecule has 1 atom stereocenters. The smallest absolute Gasteiger partial charge is 0.410 e. The van der Waals surface area contributed by atoms with E-state index in [1.54, 1.807) is 16.9 Å². The predicted octanol–water partition coefficient (Wildman–Crippen LogP) is 3.85. The number of rotatable bonds is 7. The van der Waals surface area contributed by atoms with Gasteiger partial charge in [-0.25, -0.2) is 4.79 Å². The quantitative estimate of drug-likeness (QED) is 0.355. The van der Waals surface area contributed by atoms with Crippen molar-refractivity contribution in [3.63, 3.8) is 0 Å². The number of ether oxygens (including phenoxy) is 2. The van der Waals surface area contributed by atoms with Crippen LogP contribution < -0.4 is 9.64 Å². The summed E-state index contributed by atoms with van der Waals surface area (Å²) in [5.74, 6) is 0.775. The number of hydrogen-bond donors (Lipinski definition) is 0. The number of anilines is 1. The lowest BCUT2D eigenvalue weighted by molar-refractivity contribution is -0.385. The Kier molecular flexibility index (Phi) is 8.93. The molecule has 0 N–H and O–H groups in total. The van der Waals surface area contributed by atoms with Crippen molar-refractivity contribution in [2.24, 2.45) is 13.0 Å². The third-order valence-corrected chi connectivity index (χ3v) is 8.69. The van der Waals surface area contributed by atoms with Gasteiger partial charge in [-0.15, -0.1) is 0 Å². The van der Waals surface area contributed by atoms with Gasteiger partial charge in [0.2, 0.25) is 0 Å². The standard InChI is InChI=1S/C30H45N7O5/c1-30(2,3)42-29(38)36-9-6-22(20-36)19-33-12-14-34(15-13-33)24-7-10-35(11-8-24)26-17-28(41-5)27(37(39)40)16-25(26)23-18-31-32(4)21-23/h16-18,21-22,24H,6-15,19-20H2,1-5H3. The minimum absolute atomic E-state index is 0.0389. The van der Waals surface area contributed by atoms with Crippen LogP contribution in [-0.4, -0.2) is 113 Å². The largest absolute Gasteiger partial charge is 0.490 e. The van der Waals surface area contributed by atoms with Crippen molar-refractivity contribution >= 4 is 17.5 Å². The van der Waals surface area contributed by atoms with Crippen molar-refractivity contribution in [2.75, 3.05) is 70.9 Å². The van der Waals surface area contributed by atoms with Gasteiger partial charge in [-0.2, -0.15) is 5.10 Å². The minimum atomic E-state index is -0.460. The van der Waals surface area contributed by atoms with E-state index in [4.69, 9.17) is 9.47 Å². The zero-order valence-corrected chi connectivity index (χ0v) is 25.6. The second-order valence-corrected chi connectivity index (χ2v) is 12.8. The van der Waals surface area contributed by atoms with Crippen molar-refractivity contribution in [3.05, 3.63) is 34.6 Å². The van der Waals surface area contributed by atoms with E-state index in [-0.39, 0.29) is 17.5 Å². The molecule has 0 aliphatic carbocycles. The average molecular weight is 584 g/mol. The molecule has 4 heterocycles. The predicted molar refractivity (Wildman–Crippen MR) is 161 cm³/mol. The van der Waals surface area contributed by atoms with Crippen LogP contribution >= 0.6 is 0 Å². The van der Waals surface area contributed by atoms with Crippen LogP contribution in [0.5, 0.6) is 5.75 Å². The molecule has 3 aliphatic rings. The van der Waals surface area contributed by atoms with Crippen LogP contribution in [0.4, 0.5) is 16.2 Å². The molecule has 1 aromatic carbocycles. The molecule has 12 nitrogen and oxygen atoms in total. The summed E-state index contributed by atoms with van der Waals surface area (Å²) < 4.78 is 12.7. The summed E-state index contributed by atoms with van der Waals surface area (Å²) in [7, 11) is 3.32. The summed E-state index contributed by atoms with van der Waals surface area (Å²) in [6, 6.07) is 3.96. The van der Waals surface area contributed by atoms with Crippen LogP contribution in [0.1, 0.15) is 40.0 Å². The van der Waals surface area contributed by atoms with Gasteiger partial charge in [-0.1, -0.05) is 0 Å². The third-order valence-electron chi connectivity index (χ3n) is 8.69. The molecule has 5 rings (SSSR count). The number of likely N-dealkylation sites (tertiary alicyclic amines) is 1. The Morgan fingerprint density at radius 2 is 1.79 bits per heavy atom. The highest BCUT2D eigenvalue weighted by molar-refractivity contribution is 5.82. The Balaban J connectivity index is 1.14. The number of amides is 1. The maximum Gasteiger partial charge on any atom is 0.410 e. The van der Waals surface area contributed by atoms with Crippen LogP contribution in [0.2, 0.25) is 0 Å². The fourth-order valence-corrected chi connectivity index (χ4v) is 6.54. The molecule has 3 fully saturated rings. The Bertz CT molecular complexity index is 1260. The molecule has 3 aliphatic heterocycles. The number of methoxy groups -OCH3 is 1. The molecule has 2 aromatic rings. The van der Waals surface area contributed by atoms with Gasteiger partial charge >= 0.3 is 11.8 Å². The highest BCUT2D eigenvalue weighted by Gasteiger charge is 2.33. The van der Waals surface area contributed by atoms with E-state index < -0.39 is 10.5 Å². The SMILES string of the molecule is COc1cc(N2CCC(N3CCN(CC4CCN(C(=O)OC(C)(C)C)C4)CC3)CC2)c(-c2cnn(C)c2)cc1[N+](=O)[O-]. The molecule has 42 heavy (non-hydrogen) atoms. The van der Waals surface area contributed by atoms with E-state index in [2.05, 4.69) is 19.8 Å². The molecule has 0 radical (unpaired) electrons. The minimum Gasteiger partial charge on any atom is -0.490 e. The number of aryl methyl sites for hydroxylation is 1. The van der Waals surface area contributed by atoms with Crippen LogP contribution in [0.15, 0.2) is 24.5 Å². The fourth-order valence-electron chi connectivity index (χ4n) is 6.54. The van der Waals surface area contributed by atoms with E-state index in [0.29, 0.717) is 12.0 Å². The van der Waals surface area contributed by atoms with Gasteiger partial charge in [0.1, 0.15) is 5.60 Å². The second-order valence-electron chi connectivity index (χ2n) is 12.8. The molecular formula is C30H45N7O5. The Labute approximate surface area is 248 Å². The molecular weight excluding hydrogens is 538 g/mol. The first-order chi connectivity index (χ1) is 20.0. The maximum atomic E-state index is 12.4. The summed E-state index contributed by atoms with van der Waals surface area (Å²) in [4.78, 5) is 33.2. The third kappa shape index (κ3) is 6.97. The lowest BCUT2D eigenvalue weighted by Gasteiger charge is -2.44. The molecule has 3 saturated heterocycles. The Morgan fingerprint density at radius 3 is 2.38 bits per heavy atom. The number of hydrogen-bond acceptors (Lipinski definition) is 9. The van der Waals surface area contributed by atoms with Crippen LogP contribution in [0.3, 0.4) is 0 Å². The maximum absolute atomic E-state index is 12.4. The number of nitro benzene ring substituents is 1. The zero-order valence-electron chi connectivity index (χ0n) is 25.6. The number of nitro groups is 1. The molecule has 12 heteroatoms. The number of piperazine rings is 1. The molecule has 1 unspecified atom stereocenters. The van der Waals surface area contributed by atoms with Gasteiger partial charge in [0.05, 0.1) is 18.2 Å². The monoisotopic (exact) mass is 583 g/mol. The first-order valence-corrected chi connectivity index (χ1v) is 15.1. The van der Waals surface area contributed by atoms with E-state index in [1.807, 2.05) is 45.0 Å². The van der Waals surface area contributed by atoms with Gasteiger partial charge in [0.25, 0.3) is 0 Å². The van der Waals surface area contributed by atoms with E-state index in [0.717, 1.165) is 95.0 Å². The summed E-state index contributed by atoms with van der Waals surface area (Å²) in [5, 5.41) is 16.0. The van der Waals surface area contributed by atoms with E-state index >= 15 is 0 Å². The summed E-state index contributed by atoms with van der Waals surface area (Å²) >= 11 is 0. The molecule has 0 bridgehead atoms. The van der Waals surface area contributed by atoms with Gasteiger partial charge in [0, 0.05) is 107 Å². The van der Waals surface area contributed by atoms with Crippen molar-refractivity contribution < 1.29 is 19.2 Å². The van der Waals surface area contributed by atoms with E-state index in [9.17, 15) is 14.9 Å². The molecule has 1 aromatic heterocycles. The molecule has 0 saturated carbocycles. The first-order valence-electron chi connectivity index (χ1n) is 15.1. The van der Waals surface area contributed by atoms with E-state index in [1.165, 1.54) is 7.11 Å². The fraction of sp³-hybridized carbons (Fsp3) is 0.667. The van der Waals surface area contributed by atoms with Gasteiger partial charge in [-0.05, 0) is 46.0 Å². The number of piperidine rings is 1. The van der Waals surface area contributed by atoms with Crippen molar-refractivity contribution in [1.82, 2.24) is 24.5 Å². The number of carbonyl (C=O) groups excluding carboxylic acids is 1. The summed E-state index contributed by atoms with van der Waals surface area (Å²) in [6.45, 7) is 14.3. The second kappa shape index (κ2) is 12.5. The normalized spacial score (nSPS) is 21.1. The average Bonchev–Trinajstić information content (AvgIpc) is 3.61. The molecule has 230 valence electrons. The summed E-state index contributed by atoms with van der Waals surface area (Å²) in [5.41, 5.74) is 2.11. The highest BCUT2D eigenvalue weighted by atomic mass is 16.6. The summed E-state index contributed by atoms with van der Waals surface area (Å²) in [6.07, 6.45) is 6.57. The lowest BCUT2D eigenvalue weighted by Crippen LogP contribution is -2.54. The van der Waals surface area contributed by atoms with Crippen molar-refractivity contribution in [2.45, 2.75) is 51.7 Å². The Morgan fingerprint density at radius 1 is 1.07 bits per heavy atom. The lowest BCUT2D eigenvalue weighted by atomic mass is 9.98. The zero-order chi connectivity index (χ0) is 30.0. The highest BCUT2D eigenvalue weighted by Crippen LogP contribution is 2.41. The topological polar surface area (TPSA) is 109 Å². The molecule has 1 amide bonds. The number of nitrogens with zero attached hydrogens (tertiary/aromatic N) is 7. The van der Waals surface area contributed by atoms with Gasteiger partial charge in [-0.3, -0.25) is 19.7 Å². The Hall–Kier alpha value is -3.38. The first kappa shape index (κ1) is 30.1.